The van der Waals surface area contributed by atoms with E-state index in [4.69, 9.17) is 17.0 Å². The summed E-state index contributed by atoms with van der Waals surface area (Å²) in [5.41, 5.74) is 2.82. The molecule has 2 rings (SSSR count). The molecule has 0 atom stereocenters. The molecular weight excluding hydrogens is 388 g/mol. The fraction of sp³-hybridized carbons (Fsp3) is 0.111. The predicted molar refractivity (Wildman–Crippen MR) is 105 cm³/mol. The number of benzene rings is 2. The highest BCUT2D eigenvalue weighted by atomic mass is 79.9. The van der Waals surface area contributed by atoms with Crippen LogP contribution in [-0.2, 0) is 4.79 Å². The molecule has 24 heavy (non-hydrogen) atoms. The monoisotopic (exact) mass is 404 g/mol. The molecule has 0 aliphatic rings. The highest BCUT2D eigenvalue weighted by Crippen LogP contribution is 2.23. The number of ether oxygens (including phenoxy) is 1. The maximum Gasteiger partial charge on any atom is 0.250 e. The van der Waals surface area contributed by atoms with Gasteiger partial charge in [-0.1, -0.05) is 18.2 Å². The van der Waals surface area contributed by atoms with Crippen molar-refractivity contribution in [2.45, 2.75) is 6.92 Å². The van der Waals surface area contributed by atoms with Crippen LogP contribution in [0.5, 0.6) is 5.75 Å². The summed E-state index contributed by atoms with van der Waals surface area (Å²) in [6, 6.07) is 13.2. The van der Waals surface area contributed by atoms with Crippen molar-refractivity contribution in [3.05, 3.63) is 64.1 Å². The lowest BCUT2D eigenvalue weighted by Crippen LogP contribution is -2.32. The number of methoxy groups -OCH3 is 1. The number of aryl methyl sites for hydroxylation is 1. The Morgan fingerprint density at radius 3 is 2.54 bits per heavy atom. The molecular formula is C18H17BrN2O2S. The number of rotatable bonds is 4. The third-order valence-corrected chi connectivity index (χ3v) is 4.01. The quantitative estimate of drug-likeness (QED) is 0.589. The Morgan fingerprint density at radius 1 is 1.21 bits per heavy atom. The standard InChI is InChI=1S/C18H17BrN2O2S/c1-12-3-9-16(15(19)11-12)20-18(24)21-17(22)10-6-13-4-7-14(23-2)8-5-13/h3-11H,1-2H3,(H2,20,21,22,24)/b10-6+. The van der Waals surface area contributed by atoms with Crippen molar-refractivity contribution in [3.63, 3.8) is 0 Å². The average Bonchev–Trinajstić information content (AvgIpc) is 2.56. The first-order valence-corrected chi connectivity index (χ1v) is 8.38. The number of carbonyl (C=O) groups is 1. The van der Waals surface area contributed by atoms with Gasteiger partial charge in [-0.05, 0) is 76.5 Å². The normalized spacial score (nSPS) is 10.5. The second-order valence-electron chi connectivity index (χ2n) is 5.03. The predicted octanol–water partition coefficient (Wildman–Crippen LogP) is 4.29. The molecule has 0 aliphatic carbocycles. The summed E-state index contributed by atoms with van der Waals surface area (Å²) in [5, 5.41) is 5.84. The van der Waals surface area contributed by atoms with Gasteiger partial charge in [0.15, 0.2) is 5.11 Å². The van der Waals surface area contributed by atoms with E-state index in [0.29, 0.717) is 0 Å². The summed E-state index contributed by atoms with van der Waals surface area (Å²) in [7, 11) is 1.61. The van der Waals surface area contributed by atoms with E-state index in [-0.39, 0.29) is 11.0 Å². The van der Waals surface area contributed by atoms with Crippen molar-refractivity contribution in [2.75, 3.05) is 12.4 Å². The van der Waals surface area contributed by atoms with E-state index in [1.54, 1.807) is 13.2 Å². The maximum atomic E-state index is 11.9. The zero-order valence-corrected chi connectivity index (χ0v) is 15.7. The highest BCUT2D eigenvalue weighted by Gasteiger charge is 2.04. The average molecular weight is 405 g/mol. The Morgan fingerprint density at radius 2 is 1.92 bits per heavy atom. The number of thiocarbonyl (C=S) groups is 1. The van der Waals surface area contributed by atoms with E-state index in [1.165, 1.54) is 6.08 Å². The number of halogens is 1. The van der Waals surface area contributed by atoms with E-state index in [0.717, 1.165) is 27.0 Å². The maximum absolute atomic E-state index is 11.9. The van der Waals surface area contributed by atoms with Crippen LogP contribution < -0.4 is 15.4 Å². The molecule has 0 bridgehead atoms. The van der Waals surface area contributed by atoms with Crippen molar-refractivity contribution in [3.8, 4) is 5.75 Å². The Labute approximate surface area is 155 Å². The summed E-state index contributed by atoms with van der Waals surface area (Å²) in [6.07, 6.45) is 3.14. The zero-order valence-electron chi connectivity index (χ0n) is 13.3. The van der Waals surface area contributed by atoms with Gasteiger partial charge < -0.3 is 10.1 Å². The van der Waals surface area contributed by atoms with E-state index >= 15 is 0 Å². The highest BCUT2D eigenvalue weighted by molar-refractivity contribution is 9.10. The molecule has 0 unspecified atom stereocenters. The van der Waals surface area contributed by atoms with Crippen molar-refractivity contribution < 1.29 is 9.53 Å². The Balaban J connectivity index is 1.91. The van der Waals surface area contributed by atoms with Crippen LogP contribution in [0.1, 0.15) is 11.1 Å². The van der Waals surface area contributed by atoms with Crippen LogP contribution in [0, 0.1) is 6.92 Å². The minimum atomic E-state index is -0.299. The molecule has 124 valence electrons. The minimum absolute atomic E-state index is 0.240. The first kappa shape index (κ1) is 18.2. The first-order chi connectivity index (χ1) is 11.5. The summed E-state index contributed by atoms with van der Waals surface area (Å²) in [4.78, 5) is 11.9. The summed E-state index contributed by atoms with van der Waals surface area (Å²) >= 11 is 8.61. The molecule has 2 aromatic carbocycles. The van der Waals surface area contributed by atoms with Gasteiger partial charge in [-0.3, -0.25) is 10.1 Å². The zero-order chi connectivity index (χ0) is 17.5. The minimum Gasteiger partial charge on any atom is -0.497 e. The third-order valence-electron chi connectivity index (χ3n) is 3.15. The molecule has 0 saturated carbocycles. The topological polar surface area (TPSA) is 50.4 Å². The number of anilines is 1. The van der Waals surface area contributed by atoms with Crippen molar-refractivity contribution >= 4 is 50.9 Å². The molecule has 0 aliphatic heterocycles. The van der Waals surface area contributed by atoms with Gasteiger partial charge in [0.25, 0.3) is 0 Å². The summed E-state index contributed by atoms with van der Waals surface area (Å²) < 4.78 is 5.97. The van der Waals surface area contributed by atoms with Crippen LogP contribution in [0.15, 0.2) is 53.0 Å². The smallest absolute Gasteiger partial charge is 0.250 e. The molecule has 0 aromatic heterocycles. The van der Waals surface area contributed by atoms with E-state index in [9.17, 15) is 4.79 Å². The lowest BCUT2D eigenvalue weighted by molar-refractivity contribution is -0.115. The van der Waals surface area contributed by atoms with Crippen molar-refractivity contribution in [2.24, 2.45) is 0 Å². The second-order valence-corrected chi connectivity index (χ2v) is 6.30. The van der Waals surface area contributed by atoms with Gasteiger partial charge >= 0.3 is 0 Å². The number of nitrogens with one attached hydrogen (secondary N) is 2. The van der Waals surface area contributed by atoms with Crippen molar-refractivity contribution in [1.82, 2.24) is 5.32 Å². The van der Waals surface area contributed by atoms with Crippen LogP contribution in [0.2, 0.25) is 0 Å². The van der Waals surface area contributed by atoms with E-state index < -0.39 is 0 Å². The number of hydrogen-bond acceptors (Lipinski definition) is 3. The van der Waals surface area contributed by atoms with Gasteiger partial charge in [-0.15, -0.1) is 0 Å². The SMILES string of the molecule is COc1ccc(/C=C/C(=O)NC(=S)Nc2ccc(C)cc2Br)cc1. The van der Waals surface area contributed by atoms with E-state index in [1.807, 2.05) is 49.4 Å². The molecule has 0 spiro atoms. The van der Waals surface area contributed by atoms with Crippen LogP contribution in [0.3, 0.4) is 0 Å². The fourth-order valence-electron chi connectivity index (χ4n) is 1.92. The summed E-state index contributed by atoms with van der Waals surface area (Å²) in [6.45, 7) is 2.00. The number of hydrogen-bond donors (Lipinski definition) is 2. The van der Waals surface area contributed by atoms with Crippen LogP contribution >= 0.6 is 28.1 Å². The van der Waals surface area contributed by atoms with Gasteiger partial charge in [0.2, 0.25) is 5.91 Å². The van der Waals surface area contributed by atoms with Crippen LogP contribution in [-0.4, -0.2) is 18.1 Å². The van der Waals surface area contributed by atoms with Gasteiger partial charge in [-0.25, -0.2) is 0 Å². The van der Waals surface area contributed by atoms with Crippen molar-refractivity contribution in [1.29, 1.82) is 0 Å². The molecule has 0 radical (unpaired) electrons. The molecule has 0 fully saturated rings. The number of amides is 1. The van der Waals surface area contributed by atoms with Crippen LogP contribution in [0.4, 0.5) is 5.69 Å². The van der Waals surface area contributed by atoms with Gasteiger partial charge in [0.1, 0.15) is 5.75 Å². The van der Waals surface area contributed by atoms with Crippen LogP contribution in [0.25, 0.3) is 6.08 Å². The van der Waals surface area contributed by atoms with E-state index in [2.05, 4.69) is 26.6 Å². The third kappa shape index (κ3) is 5.47. The van der Waals surface area contributed by atoms with Gasteiger partial charge in [-0.2, -0.15) is 0 Å². The molecule has 0 saturated heterocycles. The number of carbonyl (C=O) groups excluding carboxylic acids is 1. The van der Waals surface area contributed by atoms with Gasteiger partial charge in [0.05, 0.1) is 12.8 Å². The second kappa shape index (κ2) is 8.61. The van der Waals surface area contributed by atoms with Gasteiger partial charge in [0, 0.05) is 10.5 Å². The lowest BCUT2D eigenvalue weighted by atomic mass is 10.2. The molecule has 6 heteroatoms. The Hall–Kier alpha value is -2.18. The molecule has 0 heterocycles. The molecule has 4 nitrogen and oxygen atoms in total. The Bertz CT molecular complexity index is 773. The fourth-order valence-corrected chi connectivity index (χ4v) is 2.72. The lowest BCUT2D eigenvalue weighted by Gasteiger charge is -2.10. The molecule has 1 amide bonds. The molecule has 2 aromatic rings. The molecule has 2 N–H and O–H groups in total. The Kier molecular flexibility index (Phi) is 6.52. The largest absolute Gasteiger partial charge is 0.497 e. The summed E-state index contributed by atoms with van der Waals surface area (Å²) in [5.74, 6) is 0.470. The first-order valence-electron chi connectivity index (χ1n) is 7.18.